The first-order valence-electron chi connectivity index (χ1n) is 8.77. The third-order valence-corrected chi connectivity index (χ3v) is 3.98. The van der Waals surface area contributed by atoms with Crippen LogP contribution < -0.4 is 0 Å². The molecule has 1 N–H and O–H groups in total. The lowest BCUT2D eigenvalue weighted by Gasteiger charge is -2.29. The van der Waals surface area contributed by atoms with Crippen LogP contribution in [-0.4, -0.2) is 66.4 Å². The van der Waals surface area contributed by atoms with Crippen molar-refractivity contribution in [3.63, 3.8) is 0 Å². The highest BCUT2D eigenvalue weighted by Crippen LogP contribution is 2.17. The number of ether oxygens (including phenoxy) is 1. The zero-order valence-corrected chi connectivity index (χ0v) is 14.6. The van der Waals surface area contributed by atoms with Gasteiger partial charge in [0.2, 0.25) is 0 Å². The molecule has 0 aliphatic carbocycles. The van der Waals surface area contributed by atoms with E-state index in [2.05, 4.69) is 28.9 Å². The number of rotatable bonds is 11. The molecule has 1 aliphatic heterocycles. The average Bonchev–Trinajstić information content (AvgIpc) is 2.91. The van der Waals surface area contributed by atoms with Gasteiger partial charge >= 0.3 is 5.97 Å². The van der Waals surface area contributed by atoms with Gasteiger partial charge in [-0.25, -0.2) is 0 Å². The maximum atomic E-state index is 11.6. The lowest BCUT2D eigenvalue weighted by atomic mass is 10.2. The topological polar surface area (TPSA) is 53.0 Å². The van der Waals surface area contributed by atoms with Crippen LogP contribution in [0.5, 0.6) is 0 Å². The first-order chi connectivity index (χ1) is 11.2. The van der Waals surface area contributed by atoms with Crippen molar-refractivity contribution in [1.29, 1.82) is 0 Å². The van der Waals surface area contributed by atoms with Crippen molar-refractivity contribution in [1.82, 2.24) is 9.80 Å². The van der Waals surface area contributed by atoms with Crippen LogP contribution in [0.1, 0.15) is 39.5 Å². The van der Waals surface area contributed by atoms with E-state index in [0.29, 0.717) is 25.7 Å². The summed E-state index contributed by atoms with van der Waals surface area (Å²) in [5.74, 6) is -0.163. The van der Waals surface area contributed by atoms with Crippen LogP contribution in [0.3, 0.4) is 0 Å². The molecule has 1 atom stereocenters. The number of esters is 1. The molecule has 0 saturated carbocycles. The van der Waals surface area contributed by atoms with Crippen LogP contribution in [-0.2, 0) is 9.53 Å². The zero-order valence-electron chi connectivity index (χ0n) is 14.6. The van der Waals surface area contributed by atoms with Gasteiger partial charge in [-0.15, -0.1) is 0 Å². The molecule has 0 aromatic heterocycles. The Morgan fingerprint density at radius 1 is 1.09 bits per heavy atom. The molecule has 1 saturated heterocycles. The first kappa shape index (κ1) is 19.9. The maximum absolute atomic E-state index is 11.6. The van der Waals surface area contributed by atoms with Gasteiger partial charge < -0.3 is 9.84 Å². The molecule has 0 bridgehead atoms. The standard InChI is InChI=1S/C18H32N2O3/c1-3-5-7-9-17-19(13-15-21)11-12-20(17)14-16-23-18(22)10-8-6-4-2/h5-8,17,21H,3-4,9-16H2,1-2H3/b7-5-,8-6-. The highest BCUT2D eigenvalue weighted by molar-refractivity contribution is 5.71. The highest BCUT2D eigenvalue weighted by Gasteiger charge is 2.30. The Balaban J connectivity index is 2.38. The number of hydrogen-bond acceptors (Lipinski definition) is 5. The Bertz CT molecular complexity index is 382. The molecule has 23 heavy (non-hydrogen) atoms. The van der Waals surface area contributed by atoms with Crippen LogP contribution >= 0.6 is 0 Å². The summed E-state index contributed by atoms with van der Waals surface area (Å²) in [6.45, 7) is 8.14. The van der Waals surface area contributed by atoms with E-state index in [4.69, 9.17) is 4.74 Å². The number of nitrogens with zero attached hydrogens (tertiary/aromatic N) is 2. The normalized spacial score (nSPS) is 20.0. The molecule has 0 radical (unpaired) electrons. The van der Waals surface area contributed by atoms with Crippen LogP contribution in [0.4, 0.5) is 0 Å². The number of aliphatic hydroxyl groups excluding tert-OH is 1. The molecule has 1 unspecified atom stereocenters. The van der Waals surface area contributed by atoms with Gasteiger partial charge in [0.15, 0.2) is 0 Å². The number of allylic oxidation sites excluding steroid dienone is 2. The van der Waals surface area contributed by atoms with Gasteiger partial charge in [0, 0.05) is 26.2 Å². The average molecular weight is 324 g/mol. The smallest absolute Gasteiger partial charge is 0.309 e. The maximum Gasteiger partial charge on any atom is 0.309 e. The van der Waals surface area contributed by atoms with Gasteiger partial charge in [0.1, 0.15) is 6.61 Å². The summed E-state index contributed by atoms with van der Waals surface area (Å²) in [4.78, 5) is 16.2. The van der Waals surface area contributed by atoms with Crippen LogP contribution in [0.2, 0.25) is 0 Å². The van der Waals surface area contributed by atoms with E-state index >= 15 is 0 Å². The molecule has 1 fully saturated rings. The molecule has 0 amide bonds. The number of β-amino-alcohol motifs (C(OH)–C–C–N with tert-alkyl or cyclic N) is 1. The molecule has 132 valence electrons. The van der Waals surface area contributed by atoms with Crippen molar-refractivity contribution < 1.29 is 14.6 Å². The van der Waals surface area contributed by atoms with Gasteiger partial charge in [-0.3, -0.25) is 14.6 Å². The van der Waals surface area contributed by atoms with Gasteiger partial charge in [-0.2, -0.15) is 0 Å². The van der Waals surface area contributed by atoms with E-state index < -0.39 is 0 Å². The molecule has 1 rings (SSSR count). The summed E-state index contributed by atoms with van der Waals surface area (Å²) < 4.78 is 5.30. The largest absolute Gasteiger partial charge is 0.464 e. The molecule has 0 aromatic carbocycles. The van der Waals surface area contributed by atoms with E-state index in [1.165, 1.54) is 0 Å². The van der Waals surface area contributed by atoms with Gasteiger partial charge in [-0.1, -0.05) is 38.2 Å². The van der Waals surface area contributed by atoms with Crippen LogP contribution in [0, 0.1) is 0 Å². The van der Waals surface area contributed by atoms with Gasteiger partial charge in [0.05, 0.1) is 19.2 Å². The monoisotopic (exact) mass is 324 g/mol. The number of aliphatic hydroxyl groups is 1. The number of carbonyl (C=O) groups excluding carboxylic acids is 1. The molecule has 0 aromatic rings. The number of hydrogen-bond donors (Lipinski definition) is 1. The quantitative estimate of drug-likeness (QED) is 0.466. The Morgan fingerprint density at radius 2 is 1.74 bits per heavy atom. The SMILES string of the molecule is CC/C=C\CC(=O)OCCN1CCN(CCO)C1C/C=C\CC. The van der Waals surface area contributed by atoms with Crippen molar-refractivity contribution in [3.8, 4) is 0 Å². The third-order valence-electron chi connectivity index (χ3n) is 3.98. The fourth-order valence-corrected chi connectivity index (χ4v) is 2.80. The summed E-state index contributed by atoms with van der Waals surface area (Å²) >= 11 is 0. The minimum Gasteiger partial charge on any atom is -0.464 e. The summed E-state index contributed by atoms with van der Waals surface area (Å²) in [7, 11) is 0. The van der Waals surface area contributed by atoms with Crippen LogP contribution in [0.15, 0.2) is 24.3 Å². The second-order valence-corrected chi connectivity index (χ2v) is 5.70. The van der Waals surface area contributed by atoms with E-state index in [9.17, 15) is 9.90 Å². The fraction of sp³-hybridized carbons (Fsp3) is 0.722. The first-order valence-corrected chi connectivity index (χ1v) is 8.77. The lowest BCUT2D eigenvalue weighted by molar-refractivity contribution is -0.143. The fourth-order valence-electron chi connectivity index (χ4n) is 2.80. The highest BCUT2D eigenvalue weighted by atomic mass is 16.5. The molecular weight excluding hydrogens is 292 g/mol. The Kier molecular flexibility index (Phi) is 10.6. The van der Waals surface area contributed by atoms with Gasteiger partial charge in [0.25, 0.3) is 0 Å². The molecular formula is C18H32N2O3. The third kappa shape index (κ3) is 7.77. The summed E-state index contributed by atoms with van der Waals surface area (Å²) in [5.41, 5.74) is 0. The molecule has 5 heteroatoms. The van der Waals surface area contributed by atoms with Crippen molar-refractivity contribution in [2.75, 3.05) is 39.4 Å². The minimum absolute atomic E-state index is 0.163. The Labute approximate surface area is 140 Å². The molecule has 0 spiro atoms. The molecule has 5 nitrogen and oxygen atoms in total. The van der Waals surface area contributed by atoms with Crippen LogP contribution in [0.25, 0.3) is 0 Å². The van der Waals surface area contributed by atoms with Crippen molar-refractivity contribution >= 4 is 5.97 Å². The summed E-state index contributed by atoms with van der Waals surface area (Å²) in [6.07, 6.45) is 11.8. The number of carbonyl (C=O) groups is 1. The van der Waals surface area contributed by atoms with E-state index in [-0.39, 0.29) is 12.6 Å². The second kappa shape index (κ2) is 12.3. The Morgan fingerprint density at radius 3 is 2.39 bits per heavy atom. The zero-order chi connectivity index (χ0) is 16.9. The summed E-state index contributed by atoms with van der Waals surface area (Å²) in [6, 6.07) is 0. The van der Waals surface area contributed by atoms with Gasteiger partial charge in [-0.05, 0) is 19.3 Å². The second-order valence-electron chi connectivity index (χ2n) is 5.70. The Hall–Kier alpha value is -1.17. The molecule has 1 heterocycles. The lowest BCUT2D eigenvalue weighted by Crippen LogP contribution is -2.41. The van der Waals surface area contributed by atoms with E-state index in [1.54, 1.807) is 0 Å². The minimum atomic E-state index is -0.163. The predicted molar refractivity (Wildman–Crippen MR) is 93.1 cm³/mol. The van der Waals surface area contributed by atoms with Crippen molar-refractivity contribution in [2.24, 2.45) is 0 Å². The molecule has 1 aliphatic rings. The van der Waals surface area contributed by atoms with Crippen molar-refractivity contribution in [2.45, 2.75) is 45.7 Å². The predicted octanol–water partition coefficient (Wildman–Crippen LogP) is 2.18. The van der Waals surface area contributed by atoms with E-state index in [1.807, 2.05) is 19.1 Å². The summed E-state index contributed by atoms with van der Waals surface area (Å²) in [5, 5.41) is 9.20. The van der Waals surface area contributed by atoms with E-state index in [0.717, 1.165) is 38.9 Å². The van der Waals surface area contributed by atoms with Crippen molar-refractivity contribution in [3.05, 3.63) is 24.3 Å².